The van der Waals surface area contributed by atoms with Gasteiger partial charge in [0.25, 0.3) is 0 Å². The summed E-state index contributed by atoms with van der Waals surface area (Å²) in [7, 11) is -4.24. The van der Waals surface area contributed by atoms with Crippen LogP contribution in [-0.4, -0.2) is 88.8 Å². The standard InChI is InChI=1S/C55H66N5O12P/c1-55(2,3)54(67)71-34-72-73(68,69)33-37-23-21-35(22-24-37)29-38(30-49(62)70-32-44-42-18-10-8-16-40(42)41-17-9-11-19-43(41)44)50(63)59-46-20-12-7-15-39-25-27-47(60(39)53(46)66)52(65)58-45(26-28-48(56)61)51(64)57-31-36-13-5-4-6-14-36/h4-6,8-11,13-14,16-19,21-24,38-39,44-47H,7,12,15,20,25-34H2,1-3H3,(H2,56,61)(H,57,64)(H,58,65)(H,59,63)(H,68,69)/t38-,39?,45+,46+,47+/m1/s1. The first kappa shape index (κ1) is 54.1. The lowest BCUT2D eigenvalue weighted by atomic mass is 9.93. The normalized spacial score (nSPS) is 19.1. The third kappa shape index (κ3) is 14.5. The number of fused-ring (bicyclic) bond motifs is 4. The number of ether oxygens (including phenoxy) is 2. The number of nitrogens with zero attached hydrogens (tertiary/aromatic N) is 1. The van der Waals surface area contributed by atoms with Crippen LogP contribution < -0.4 is 21.7 Å². The van der Waals surface area contributed by atoms with Crippen molar-refractivity contribution in [3.63, 3.8) is 0 Å². The molecular formula is C55H66N5O12P. The van der Waals surface area contributed by atoms with Crippen molar-refractivity contribution in [2.75, 3.05) is 13.4 Å². The number of primary amides is 1. The Kier molecular flexibility index (Phi) is 18.1. The summed E-state index contributed by atoms with van der Waals surface area (Å²) >= 11 is 0. The third-order valence-corrected chi connectivity index (χ3v) is 15.0. The maximum atomic E-state index is 14.7. The Morgan fingerprint density at radius 2 is 1.41 bits per heavy atom. The molecular weight excluding hydrogens is 954 g/mol. The first-order chi connectivity index (χ1) is 34.9. The summed E-state index contributed by atoms with van der Waals surface area (Å²) in [6, 6.07) is 28.2. The molecule has 0 saturated carbocycles. The molecule has 2 aliphatic heterocycles. The molecule has 2 unspecified atom stereocenters. The van der Waals surface area contributed by atoms with Gasteiger partial charge >= 0.3 is 19.5 Å². The van der Waals surface area contributed by atoms with E-state index < -0.39 is 85.3 Å². The zero-order valence-corrected chi connectivity index (χ0v) is 42.5. The maximum absolute atomic E-state index is 14.7. The highest BCUT2D eigenvalue weighted by Crippen LogP contribution is 2.46. The van der Waals surface area contributed by atoms with Crippen molar-refractivity contribution in [3.05, 3.63) is 131 Å². The van der Waals surface area contributed by atoms with Crippen molar-refractivity contribution in [2.24, 2.45) is 17.1 Å². The summed E-state index contributed by atoms with van der Waals surface area (Å²) in [6.07, 6.45) is 2.19. The Morgan fingerprint density at radius 1 is 0.781 bits per heavy atom. The van der Waals surface area contributed by atoms with E-state index in [1.807, 2.05) is 78.9 Å². The van der Waals surface area contributed by atoms with Gasteiger partial charge in [0.05, 0.1) is 23.9 Å². The van der Waals surface area contributed by atoms with Crippen LogP contribution in [0, 0.1) is 11.3 Å². The molecule has 0 bridgehead atoms. The van der Waals surface area contributed by atoms with E-state index in [4.69, 9.17) is 19.7 Å². The summed E-state index contributed by atoms with van der Waals surface area (Å²) in [6.45, 7) is 4.46. The Morgan fingerprint density at radius 3 is 2.07 bits per heavy atom. The molecule has 4 aromatic rings. The molecule has 2 heterocycles. The van der Waals surface area contributed by atoms with E-state index in [0.717, 1.165) is 34.2 Å². The van der Waals surface area contributed by atoms with E-state index in [1.54, 1.807) is 45.0 Å². The largest absolute Gasteiger partial charge is 0.465 e. The molecule has 1 aliphatic carbocycles. The summed E-state index contributed by atoms with van der Waals surface area (Å²) in [5.41, 5.74) is 10.7. The highest BCUT2D eigenvalue weighted by Gasteiger charge is 2.45. The molecule has 4 aromatic carbocycles. The molecule has 5 amide bonds. The number of nitrogens with two attached hydrogens (primary N) is 1. The first-order valence-electron chi connectivity index (χ1n) is 24.9. The molecule has 6 atom stereocenters. The van der Waals surface area contributed by atoms with E-state index >= 15 is 0 Å². The van der Waals surface area contributed by atoms with Crippen LogP contribution in [0.5, 0.6) is 0 Å². The van der Waals surface area contributed by atoms with Gasteiger partial charge in [0.2, 0.25) is 36.3 Å². The molecule has 6 N–H and O–H groups in total. The van der Waals surface area contributed by atoms with Gasteiger partial charge in [0, 0.05) is 24.9 Å². The van der Waals surface area contributed by atoms with Crippen LogP contribution in [0.2, 0.25) is 0 Å². The first-order valence-corrected chi connectivity index (χ1v) is 26.7. The summed E-state index contributed by atoms with van der Waals surface area (Å²) < 4.78 is 28.9. The zero-order chi connectivity index (χ0) is 52.3. The van der Waals surface area contributed by atoms with Gasteiger partial charge in [-0.15, -0.1) is 0 Å². The lowest BCUT2D eigenvalue weighted by Crippen LogP contribution is -2.58. The number of amides is 5. The second kappa shape index (κ2) is 24.4. The minimum absolute atomic E-state index is 0.0314. The van der Waals surface area contributed by atoms with Crippen LogP contribution in [0.25, 0.3) is 11.1 Å². The Labute approximate surface area is 425 Å². The third-order valence-electron chi connectivity index (χ3n) is 13.7. The van der Waals surface area contributed by atoms with Crippen molar-refractivity contribution < 1.29 is 57.0 Å². The van der Waals surface area contributed by atoms with Crippen LogP contribution in [0.15, 0.2) is 103 Å². The van der Waals surface area contributed by atoms with Crippen LogP contribution in [-0.2, 0) is 71.3 Å². The molecule has 18 heteroatoms. The van der Waals surface area contributed by atoms with E-state index in [-0.39, 0.29) is 63.4 Å². The van der Waals surface area contributed by atoms with E-state index in [9.17, 15) is 43.0 Å². The highest BCUT2D eigenvalue weighted by atomic mass is 31.2. The van der Waals surface area contributed by atoms with Gasteiger partial charge in [-0.05, 0) is 98.2 Å². The molecule has 2 saturated heterocycles. The maximum Gasteiger partial charge on any atom is 0.335 e. The lowest BCUT2D eigenvalue weighted by molar-refractivity contribution is -0.160. The van der Waals surface area contributed by atoms with Gasteiger partial charge in [0.1, 0.15) is 24.7 Å². The fourth-order valence-corrected chi connectivity index (χ4v) is 10.8. The molecule has 73 heavy (non-hydrogen) atoms. The van der Waals surface area contributed by atoms with Crippen molar-refractivity contribution in [2.45, 2.75) is 128 Å². The molecule has 0 radical (unpaired) electrons. The van der Waals surface area contributed by atoms with Crippen LogP contribution in [0.4, 0.5) is 0 Å². The van der Waals surface area contributed by atoms with Gasteiger partial charge in [-0.2, -0.15) is 0 Å². The SMILES string of the molecule is CC(C)(C)C(=O)OCOP(=O)(O)Cc1ccc(C[C@H](CC(=O)OCC2c3ccccc3-c3ccccc32)C(=O)N[C@H]2CCCCC3CC[C@@H](C(=O)N[C@@H](CCC(N)=O)C(=O)NCc4ccccc4)N3C2=O)cc1. The Bertz CT molecular complexity index is 2650. The average Bonchev–Trinajstić information content (AvgIpc) is 3.93. The van der Waals surface area contributed by atoms with E-state index in [0.29, 0.717) is 36.8 Å². The molecule has 0 spiro atoms. The Hall–Kier alpha value is -6.68. The van der Waals surface area contributed by atoms with Crippen molar-refractivity contribution >= 4 is 49.1 Å². The van der Waals surface area contributed by atoms with Crippen molar-refractivity contribution in [1.29, 1.82) is 0 Å². The van der Waals surface area contributed by atoms with Gasteiger partial charge in [0.15, 0.2) is 0 Å². The minimum atomic E-state index is -4.24. The van der Waals surface area contributed by atoms with Crippen LogP contribution in [0.1, 0.15) is 112 Å². The van der Waals surface area contributed by atoms with Gasteiger partial charge in [-0.3, -0.25) is 42.7 Å². The van der Waals surface area contributed by atoms with Gasteiger partial charge in [-0.25, -0.2) is 0 Å². The second-order valence-corrected chi connectivity index (χ2v) is 22.0. The second-order valence-electron chi connectivity index (χ2n) is 20.2. The topological polar surface area (TPSA) is 250 Å². The number of esters is 2. The fraction of sp³-hybridized carbons (Fsp3) is 0.436. The predicted octanol–water partition coefficient (Wildman–Crippen LogP) is 6.33. The quantitative estimate of drug-likeness (QED) is 0.0349. The zero-order valence-electron chi connectivity index (χ0n) is 41.6. The minimum Gasteiger partial charge on any atom is -0.465 e. The summed E-state index contributed by atoms with van der Waals surface area (Å²) in [4.78, 5) is 107. The molecule has 0 aromatic heterocycles. The van der Waals surface area contributed by atoms with E-state index in [1.165, 1.54) is 4.90 Å². The smallest absolute Gasteiger partial charge is 0.335 e. The van der Waals surface area contributed by atoms with Gasteiger partial charge < -0.3 is 41.0 Å². The molecule has 388 valence electrons. The summed E-state index contributed by atoms with van der Waals surface area (Å²) in [5.74, 6) is -5.20. The number of benzene rings is 4. The number of nitrogens with one attached hydrogen (secondary N) is 3. The number of rotatable bonds is 21. The lowest BCUT2D eigenvalue weighted by Gasteiger charge is -2.36. The number of hydrogen-bond donors (Lipinski definition) is 5. The number of carbonyl (C=O) groups is 7. The van der Waals surface area contributed by atoms with Crippen molar-refractivity contribution in [3.8, 4) is 11.1 Å². The predicted molar refractivity (Wildman–Crippen MR) is 271 cm³/mol. The monoisotopic (exact) mass is 1020 g/mol. The molecule has 7 rings (SSSR count). The fourth-order valence-electron chi connectivity index (χ4n) is 9.80. The highest BCUT2D eigenvalue weighted by molar-refractivity contribution is 7.51. The summed E-state index contributed by atoms with van der Waals surface area (Å²) in [5, 5.41) is 8.57. The van der Waals surface area contributed by atoms with Gasteiger partial charge in [-0.1, -0.05) is 116 Å². The molecule has 17 nitrogen and oxygen atoms in total. The van der Waals surface area contributed by atoms with Crippen LogP contribution >= 0.6 is 7.60 Å². The number of carbonyl (C=O) groups excluding carboxylic acids is 7. The van der Waals surface area contributed by atoms with Crippen molar-refractivity contribution in [1.82, 2.24) is 20.9 Å². The Balaban J connectivity index is 1.06. The average molecular weight is 1020 g/mol. The number of hydrogen-bond acceptors (Lipinski definition) is 11. The molecule has 3 aliphatic rings. The van der Waals surface area contributed by atoms with Crippen LogP contribution in [0.3, 0.4) is 0 Å². The molecule has 2 fully saturated rings. The van der Waals surface area contributed by atoms with E-state index in [2.05, 4.69) is 16.0 Å².